The Morgan fingerprint density at radius 1 is 1.42 bits per heavy atom. The van der Waals surface area contributed by atoms with Crippen LogP contribution in [0, 0.1) is 0 Å². The number of carbonyl (C=O) groups is 2. The molecule has 2 rings (SSSR count). The van der Waals surface area contributed by atoms with E-state index in [4.69, 9.17) is 5.11 Å². The molecule has 0 fully saturated rings. The quantitative estimate of drug-likeness (QED) is 0.837. The molecule has 0 saturated carbocycles. The van der Waals surface area contributed by atoms with Crippen LogP contribution in [0.5, 0.6) is 0 Å². The number of hydrogen-bond donors (Lipinski definition) is 2. The van der Waals surface area contributed by atoms with Gasteiger partial charge in [0, 0.05) is 13.2 Å². The topological polar surface area (TPSA) is 111 Å². The average Bonchev–Trinajstić information content (AvgIpc) is 2.97. The van der Waals surface area contributed by atoms with Gasteiger partial charge >= 0.3 is 12.2 Å². The third-order valence-electron chi connectivity index (χ3n) is 2.44. The van der Waals surface area contributed by atoms with Crippen molar-refractivity contribution < 1.29 is 19.4 Å². The molecule has 1 amide bonds. The number of ether oxygens (including phenoxy) is 1. The van der Waals surface area contributed by atoms with Crippen LogP contribution in [-0.4, -0.2) is 43.5 Å². The van der Waals surface area contributed by atoms with Crippen molar-refractivity contribution in [1.82, 2.24) is 19.1 Å². The van der Waals surface area contributed by atoms with Gasteiger partial charge in [0.15, 0.2) is 5.82 Å². The molecule has 0 aromatic carbocycles. The van der Waals surface area contributed by atoms with Crippen LogP contribution in [0.2, 0.25) is 0 Å². The summed E-state index contributed by atoms with van der Waals surface area (Å²) in [7, 11) is 2.91. The monoisotopic (exact) mass is 265 g/mol. The largest absolute Gasteiger partial charge is 0.464 e. The highest BCUT2D eigenvalue weighted by Crippen LogP contribution is 2.19. The molecular weight excluding hydrogens is 254 g/mol. The average molecular weight is 265 g/mol. The minimum Gasteiger partial charge on any atom is -0.464 e. The molecule has 0 aliphatic rings. The summed E-state index contributed by atoms with van der Waals surface area (Å²) in [5.41, 5.74) is 0.378. The third-order valence-corrected chi connectivity index (χ3v) is 2.44. The first kappa shape index (κ1) is 12.6. The highest BCUT2D eigenvalue weighted by Gasteiger charge is 2.14. The molecule has 2 heterocycles. The van der Waals surface area contributed by atoms with Gasteiger partial charge in [-0.25, -0.2) is 24.1 Å². The normalized spacial score (nSPS) is 10.2. The molecule has 2 aromatic rings. The van der Waals surface area contributed by atoms with Gasteiger partial charge in [0.05, 0.1) is 13.3 Å². The number of hydrogen-bond acceptors (Lipinski definition) is 5. The van der Waals surface area contributed by atoms with Crippen LogP contribution in [0.4, 0.5) is 15.4 Å². The van der Waals surface area contributed by atoms with Gasteiger partial charge in [0.1, 0.15) is 17.8 Å². The molecule has 0 spiro atoms. The summed E-state index contributed by atoms with van der Waals surface area (Å²) in [5.74, 6) is 0.832. The van der Waals surface area contributed by atoms with Gasteiger partial charge in [-0.3, -0.25) is 5.32 Å². The highest BCUT2D eigenvalue weighted by molar-refractivity contribution is 5.83. The molecule has 0 bridgehead atoms. The lowest BCUT2D eigenvalue weighted by Crippen LogP contribution is -2.13. The molecule has 9 nitrogen and oxygen atoms in total. The fourth-order valence-electron chi connectivity index (χ4n) is 1.46. The lowest BCUT2D eigenvalue weighted by Gasteiger charge is -2.05. The number of nitrogens with one attached hydrogen (secondary N) is 1. The zero-order valence-corrected chi connectivity index (χ0v) is 10.2. The highest BCUT2D eigenvalue weighted by atomic mass is 16.5. The number of aromatic nitrogens is 4. The lowest BCUT2D eigenvalue weighted by atomic mass is 10.4. The minimum absolute atomic E-state index is 0.378. The SMILES string of the molecule is COC(=O)Nc1cnc(-c2cn(C(=O)O)cn2)n1C. The summed E-state index contributed by atoms with van der Waals surface area (Å²) in [4.78, 5) is 29.8. The van der Waals surface area contributed by atoms with E-state index in [2.05, 4.69) is 20.0 Å². The molecule has 2 N–H and O–H groups in total. The van der Waals surface area contributed by atoms with Gasteiger partial charge in [-0.15, -0.1) is 0 Å². The Hall–Kier alpha value is -2.84. The molecule has 0 unspecified atom stereocenters. The summed E-state index contributed by atoms with van der Waals surface area (Å²) in [6.45, 7) is 0. The van der Waals surface area contributed by atoms with Gasteiger partial charge in [-0.05, 0) is 0 Å². The summed E-state index contributed by atoms with van der Waals surface area (Å²) in [6.07, 6.45) is 2.16. The van der Waals surface area contributed by atoms with E-state index in [1.165, 1.54) is 25.8 Å². The van der Waals surface area contributed by atoms with E-state index >= 15 is 0 Å². The van der Waals surface area contributed by atoms with Crippen LogP contribution in [-0.2, 0) is 11.8 Å². The van der Waals surface area contributed by atoms with E-state index in [9.17, 15) is 9.59 Å². The van der Waals surface area contributed by atoms with Crippen molar-refractivity contribution in [3.63, 3.8) is 0 Å². The summed E-state index contributed by atoms with van der Waals surface area (Å²) in [5, 5.41) is 11.3. The Labute approximate surface area is 107 Å². The van der Waals surface area contributed by atoms with Crippen molar-refractivity contribution in [1.29, 1.82) is 0 Å². The van der Waals surface area contributed by atoms with Crippen molar-refractivity contribution in [2.24, 2.45) is 7.05 Å². The second kappa shape index (κ2) is 4.80. The van der Waals surface area contributed by atoms with Crippen molar-refractivity contribution >= 4 is 18.0 Å². The molecule has 0 radical (unpaired) electrons. The molecule has 100 valence electrons. The Balaban J connectivity index is 2.30. The number of carboxylic acid groups (broad SMARTS) is 1. The second-order valence-electron chi connectivity index (χ2n) is 3.59. The van der Waals surface area contributed by atoms with Gasteiger partial charge in [0.25, 0.3) is 0 Å². The molecule has 9 heteroatoms. The molecular formula is C10H11N5O4. The number of amides is 1. The van der Waals surface area contributed by atoms with E-state index < -0.39 is 12.2 Å². The van der Waals surface area contributed by atoms with Crippen LogP contribution < -0.4 is 5.32 Å². The Bertz CT molecular complexity index is 630. The van der Waals surface area contributed by atoms with Crippen molar-refractivity contribution in [3.8, 4) is 11.5 Å². The van der Waals surface area contributed by atoms with E-state index in [1.807, 2.05) is 0 Å². The zero-order chi connectivity index (χ0) is 14.0. The van der Waals surface area contributed by atoms with E-state index in [1.54, 1.807) is 11.6 Å². The molecule has 0 aliphatic carbocycles. The summed E-state index contributed by atoms with van der Waals surface area (Å²) >= 11 is 0. The van der Waals surface area contributed by atoms with E-state index in [0.29, 0.717) is 17.3 Å². The molecule has 0 aliphatic heterocycles. The standard InChI is InChI=1S/C10H11N5O4/c1-14-7(13-9(16)19-2)3-11-8(14)6-4-15(5-12-6)10(17)18/h3-5H,1-2H3,(H,13,16)(H,17,18). The van der Waals surface area contributed by atoms with Crippen LogP contribution >= 0.6 is 0 Å². The van der Waals surface area contributed by atoms with Crippen LogP contribution in [0.15, 0.2) is 18.7 Å². The first-order valence-corrected chi connectivity index (χ1v) is 5.17. The number of rotatable bonds is 2. The maximum absolute atomic E-state index is 11.1. The number of imidazole rings is 2. The van der Waals surface area contributed by atoms with Gasteiger partial charge in [-0.1, -0.05) is 0 Å². The van der Waals surface area contributed by atoms with Gasteiger partial charge < -0.3 is 14.4 Å². The number of methoxy groups -OCH3 is 1. The van der Waals surface area contributed by atoms with Crippen molar-refractivity contribution in [2.45, 2.75) is 0 Å². The lowest BCUT2D eigenvalue weighted by molar-refractivity contribution is 0.186. The number of carbonyl (C=O) groups excluding carboxylic acids is 1. The minimum atomic E-state index is -1.14. The molecule has 2 aromatic heterocycles. The maximum Gasteiger partial charge on any atom is 0.416 e. The number of nitrogens with zero attached hydrogens (tertiary/aromatic N) is 4. The van der Waals surface area contributed by atoms with E-state index in [-0.39, 0.29) is 0 Å². The number of anilines is 1. The zero-order valence-electron chi connectivity index (χ0n) is 10.2. The molecule has 0 saturated heterocycles. The molecule has 19 heavy (non-hydrogen) atoms. The Morgan fingerprint density at radius 2 is 2.16 bits per heavy atom. The van der Waals surface area contributed by atoms with Crippen LogP contribution in [0.25, 0.3) is 11.5 Å². The predicted molar refractivity (Wildman–Crippen MR) is 63.9 cm³/mol. The summed E-state index contributed by atoms with van der Waals surface area (Å²) < 4.78 is 6.95. The first-order chi connectivity index (χ1) is 9.02. The van der Waals surface area contributed by atoms with Crippen LogP contribution in [0.3, 0.4) is 0 Å². The smallest absolute Gasteiger partial charge is 0.416 e. The molecule has 0 atom stereocenters. The fraction of sp³-hybridized carbons (Fsp3) is 0.200. The Morgan fingerprint density at radius 3 is 2.74 bits per heavy atom. The Kier molecular flexibility index (Phi) is 3.19. The third kappa shape index (κ3) is 2.39. The first-order valence-electron chi connectivity index (χ1n) is 5.17. The predicted octanol–water partition coefficient (Wildman–Crippen LogP) is 0.988. The van der Waals surface area contributed by atoms with Crippen molar-refractivity contribution in [2.75, 3.05) is 12.4 Å². The summed E-state index contributed by atoms with van der Waals surface area (Å²) in [6, 6.07) is 0. The second-order valence-corrected chi connectivity index (χ2v) is 3.59. The fourth-order valence-corrected chi connectivity index (χ4v) is 1.46. The maximum atomic E-state index is 11.1. The van der Waals surface area contributed by atoms with E-state index in [0.717, 1.165) is 4.57 Å². The van der Waals surface area contributed by atoms with Gasteiger partial charge in [0.2, 0.25) is 0 Å². The van der Waals surface area contributed by atoms with Gasteiger partial charge in [-0.2, -0.15) is 0 Å². The van der Waals surface area contributed by atoms with Crippen LogP contribution in [0.1, 0.15) is 0 Å². The van der Waals surface area contributed by atoms with Crippen molar-refractivity contribution in [3.05, 3.63) is 18.7 Å².